The summed E-state index contributed by atoms with van der Waals surface area (Å²) in [4.78, 5) is 26.8. The van der Waals surface area contributed by atoms with Crippen molar-refractivity contribution in [1.82, 2.24) is 4.90 Å². The summed E-state index contributed by atoms with van der Waals surface area (Å²) in [6.07, 6.45) is 4.56. The molecular weight excluding hydrogens is 304 g/mol. The molecule has 0 bridgehead atoms. The molecule has 1 aliphatic rings. The van der Waals surface area contributed by atoms with Gasteiger partial charge in [-0.3, -0.25) is 9.59 Å². The van der Waals surface area contributed by atoms with Crippen molar-refractivity contribution in [2.75, 3.05) is 18.4 Å². The third kappa shape index (κ3) is 3.50. The van der Waals surface area contributed by atoms with Gasteiger partial charge in [0.05, 0.1) is 17.7 Å². The molecule has 1 fully saturated rings. The summed E-state index contributed by atoms with van der Waals surface area (Å²) in [6.45, 7) is 5.10. The first-order valence-electron chi connectivity index (χ1n) is 8.24. The normalized spacial score (nSPS) is 17.6. The topological polar surface area (TPSA) is 62.6 Å². The molecule has 1 atom stereocenters. The van der Waals surface area contributed by atoms with Crippen molar-refractivity contribution >= 4 is 17.5 Å². The zero-order valence-electron chi connectivity index (χ0n) is 14.0. The van der Waals surface area contributed by atoms with Crippen LogP contribution in [0.3, 0.4) is 0 Å². The van der Waals surface area contributed by atoms with Crippen LogP contribution in [0.15, 0.2) is 41.2 Å². The van der Waals surface area contributed by atoms with E-state index in [0.29, 0.717) is 18.7 Å². The number of benzene rings is 1. The smallest absolute Gasteiger partial charge is 0.257 e. The van der Waals surface area contributed by atoms with Crippen molar-refractivity contribution in [3.8, 4) is 0 Å². The number of carbonyl (C=O) groups excluding carboxylic acids is 2. The van der Waals surface area contributed by atoms with Crippen LogP contribution in [0.5, 0.6) is 0 Å². The molecule has 3 rings (SSSR count). The number of aryl methyl sites for hydroxylation is 2. The van der Waals surface area contributed by atoms with Crippen molar-refractivity contribution in [2.45, 2.75) is 26.7 Å². The highest BCUT2D eigenvalue weighted by molar-refractivity contribution is 5.96. The fourth-order valence-corrected chi connectivity index (χ4v) is 3.05. The van der Waals surface area contributed by atoms with Crippen molar-refractivity contribution in [3.63, 3.8) is 0 Å². The average molecular weight is 326 g/mol. The number of nitrogens with one attached hydrogen (secondary N) is 1. The quantitative estimate of drug-likeness (QED) is 0.940. The molecule has 5 nitrogen and oxygen atoms in total. The lowest BCUT2D eigenvalue weighted by Gasteiger charge is -2.32. The Hall–Kier alpha value is -2.56. The van der Waals surface area contributed by atoms with Crippen molar-refractivity contribution in [1.29, 1.82) is 0 Å². The molecule has 1 N–H and O–H groups in total. The summed E-state index contributed by atoms with van der Waals surface area (Å²) in [5.41, 5.74) is 3.52. The molecule has 126 valence electrons. The first kappa shape index (κ1) is 16.3. The molecule has 5 heteroatoms. The molecule has 2 heterocycles. The van der Waals surface area contributed by atoms with Gasteiger partial charge >= 0.3 is 0 Å². The number of likely N-dealkylation sites (tertiary alicyclic amines) is 1. The van der Waals surface area contributed by atoms with E-state index in [1.807, 2.05) is 32.0 Å². The number of anilines is 1. The Bertz CT molecular complexity index is 737. The minimum Gasteiger partial charge on any atom is -0.472 e. The van der Waals surface area contributed by atoms with Gasteiger partial charge in [-0.2, -0.15) is 0 Å². The van der Waals surface area contributed by atoms with Gasteiger partial charge < -0.3 is 14.6 Å². The van der Waals surface area contributed by atoms with Crippen LogP contribution in [0.1, 0.15) is 34.3 Å². The third-order valence-electron chi connectivity index (χ3n) is 4.50. The van der Waals surface area contributed by atoms with Crippen molar-refractivity contribution in [2.24, 2.45) is 5.92 Å². The Labute approximate surface area is 141 Å². The van der Waals surface area contributed by atoms with Gasteiger partial charge in [-0.15, -0.1) is 0 Å². The maximum Gasteiger partial charge on any atom is 0.257 e. The SMILES string of the molecule is Cc1ccc(C)c(NC(=O)[C@@H]2CCCN(C(=O)c3ccoc3)C2)c1. The molecule has 2 amide bonds. The van der Waals surface area contributed by atoms with Crippen LogP contribution in [0.25, 0.3) is 0 Å². The predicted octanol–water partition coefficient (Wildman–Crippen LogP) is 3.39. The lowest BCUT2D eigenvalue weighted by Crippen LogP contribution is -2.43. The van der Waals surface area contributed by atoms with Crippen LogP contribution in [0, 0.1) is 19.8 Å². The van der Waals surface area contributed by atoms with E-state index in [9.17, 15) is 9.59 Å². The lowest BCUT2D eigenvalue weighted by atomic mass is 9.96. The Balaban J connectivity index is 1.67. The summed E-state index contributed by atoms with van der Waals surface area (Å²) in [5.74, 6) is -0.282. The summed E-state index contributed by atoms with van der Waals surface area (Å²) >= 11 is 0. The maximum absolute atomic E-state index is 12.6. The second-order valence-corrected chi connectivity index (χ2v) is 6.41. The van der Waals surface area contributed by atoms with Crippen LogP contribution in [-0.2, 0) is 4.79 Å². The van der Waals surface area contributed by atoms with Crippen LogP contribution >= 0.6 is 0 Å². The summed E-state index contributed by atoms with van der Waals surface area (Å²) in [6, 6.07) is 7.66. The Morgan fingerprint density at radius 1 is 1.25 bits per heavy atom. The second-order valence-electron chi connectivity index (χ2n) is 6.41. The van der Waals surface area contributed by atoms with Gasteiger partial charge in [0.25, 0.3) is 5.91 Å². The molecule has 1 aromatic heterocycles. The molecule has 0 unspecified atom stereocenters. The Morgan fingerprint density at radius 2 is 2.08 bits per heavy atom. The number of hydrogen-bond donors (Lipinski definition) is 1. The first-order chi connectivity index (χ1) is 11.5. The fraction of sp³-hybridized carbons (Fsp3) is 0.368. The number of rotatable bonds is 3. The molecule has 0 aliphatic carbocycles. The van der Waals surface area contributed by atoms with E-state index >= 15 is 0 Å². The minimum atomic E-state index is -0.186. The standard InChI is InChI=1S/C19H22N2O3/c1-13-5-6-14(2)17(10-13)20-18(22)15-4-3-8-21(11-15)19(23)16-7-9-24-12-16/h5-7,9-10,12,15H,3-4,8,11H2,1-2H3,(H,20,22)/t15-/m1/s1. The highest BCUT2D eigenvalue weighted by atomic mass is 16.3. The van der Waals surface area contributed by atoms with E-state index in [-0.39, 0.29) is 17.7 Å². The van der Waals surface area contributed by atoms with E-state index in [2.05, 4.69) is 5.32 Å². The monoisotopic (exact) mass is 326 g/mol. The number of hydrogen-bond acceptors (Lipinski definition) is 3. The lowest BCUT2D eigenvalue weighted by molar-refractivity contribution is -0.121. The van der Waals surface area contributed by atoms with E-state index in [0.717, 1.165) is 29.7 Å². The summed E-state index contributed by atoms with van der Waals surface area (Å²) in [5, 5.41) is 3.02. The van der Waals surface area contributed by atoms with Gasteiger partial charge in [-0.05, 0) is 49.9 Å². The van der Waals surface area contributed by atoms with Gasteiger partial charge in [0.15, 0.2) is 0 Å². The summed E-state index contributed by atoms with van der Waals surface area (Å²) in [7, 11) is 0. The van der Waals surface area contributed by atoms with Gasteiger partial charge in [0.1, 0.15) is 6.26 Å². The van der Waals surface area contributed by atoms with Crippen LogP contribution in [0.4, 0.5) is 5.69 Å². The maximum atomic E-state index is 12.6. The fourth-order valence-electron chi connectivity index (χ4n) is 3.05. The van der Waals surface area contributed by atoms with Crippen LogP contribution in [-0.4, -0.2) is 29.8 Å². The highest BCUT2D eigenvalue weighted by Gasteiger charge is 2.29. The third-order valence-corrected chi connectivity index (χ3v) is 4.50. The molecule has 1 aliphatic heterocycles. The van der Waals surface area contributed by atoms with Gasteiger partial charge in [0, 0.05) is 18.8 Å². The molecular formula is C19H22N2O3. The molecule has 0 spiro atoms. The van der Waals surface area contributed by atoms with E-state index < -0.39 is 0 Å². The number of amides is 2. The Kier molecular flexibility index (Phi) is 4.69. The first-order valence-corrected chi connectivity index (χ1v) is 8.24. The average Bonchev–Trinajstić information content (AvgIpc) is 3.12. The number of carbonyl (C=O) groups is 2. The molecule has 0 saturated carbocycles. The van der Waals surface area contributed by atoms with Crippen molar-refractivity contribution < 1.29 is 14.0 Å². The summed E-state index contributed by atoms with van der Waals surface area (Å²) < 4.78 is 4.98. The van der Waals surface area contributed by atoms with Gasteiger partial charge in [0.2, 0.25) is 5.91 Å². The molecule has 24 heavy (non-hydrogen) atoms. The molecule has 0 radical (unpaired) electrons. The Morgan fingerprint density at radius 3 is 2.83 bits per heavy atom. The zero-order chi connectivity index (χ0) is 17.1. The molecule has 1 aromatic carbocycles. The van der Waals surface area contributed by atoms with E-state index in [4.69, 9.17) is 4.42 Å². The van der Waals surface area contributed by atoms with Crippen LogP contribution < -0.4 is 5.32 Å². The predicted molar refractivity (Wildman–Crippen MR) is 91.9 cm³/mol. The second kappa shape index (κ2) is 6.91. The number of piperidine rings is 1. The van der Waals surface area contributed by atoms with Gasteiger partial charge in [-0.25, -0.2) is 0 Å². The zero-order valence-corrected chi connectivity index (χ0v) is 14.0. The largest absolute Gasteiger partial charge is 0.472 e. The van der Waals surface area contributed by atoms with E-state index in [1.54, 1.807) is 11.0 Å². The molecule has 2 aromatic rings. The van der Waals surface area contributed by atoms with Crippen molar-refractivity contribution in [3.05, 3.63) is 53.5 Å². The molecule has 1 saturated heterocycles. The van der Waals surface area contributed by atoms with E-state index in [1.165, 1.54) is 12.5 Å². The highest BCUT2D eigenvalue weighted by Crippen LogP contribution is 2.22. The van der Waals surface area contributed by atoms with Crippen LogP contribution in [0.2, 0.25) is 0 Å². The minimum absolute atomic E-state index is 0.0200. The number of furan rings is 1. The van der Waals surface area contributed by atoms with Gasteiger partial charge in [-0.1, -0.05) is 12.1 Å². The number of nitrogens with zero attached hydrogens (tertiary/aromatic N) is 1.